The van der Waals surface area contributed by atoms with Gasteiger partial charge in [-0.2, -0.15) is 5.26 Å². The van der Waals surface area contributed by atoms with Crippen molar-refractivity contribution >= 4 is 0 Å². The summed E-state index contributed by atoms with van der Waals surface area (Å²) in [6, 6.07) is 10.9. The number of rotatable bonds is 8. The zero-order valence-corrected chi connectivity index (χ0v) is 13.9. The highest BCUT2D eigenvalue weighted by molar-refractivity contribution is 5.27. The first-order chi connectivity index (χ1) is 9.88. The predicted molar refractivity (Wildman–Crippen MR) is 87.4 cm³/mol. The van der Waals surface area contributed by atoms with Crippen LogP contribution in [-0.4, -0.2) is 17.7 Å². The quantitative estimate of drug-likeness (QED) is 0.784. The lowest BCUT2D eigenvalue weighted by atomic mass is 9.95. The third kappa shape index (κ3) is 6.18. The lowest BCUT2D eigenvalue weighted by molar-refractivity contribution is 0.176. The van der Waals surface area contributed by atoms with Gasteiger partial charge in [0.1, 0.15) is 11.3 Å². The lowest BCUT2D eigenvalue weighted by Gasteiger charge is -2.29. The third-order valence-corrected chi connectivity index (χ3v) is 3.35. The van der Waals surface area contributed by atoms with Crippen molar-refractivity contribution in [3.63, 3.8) is 0 Å². The number of hydrogen-bond donors (Lipinski definition) is 1. The number of nitriles is 1. The van der Waals surface area contributed by atoms with E-state index in [0.29, 0.717) is 6.42 Å². The van der Waals surface area contributed by atoms with Gasteiger partial charge in [-0.25, -0.2) is 0 Å². The number of hydrogen-bond acceptors (Lipinski definition) is 3. The van der Waals surface area contributed by atoms with E-state index >= 15 is 0 Å². The topological polar surface area (TPSA) is 45.0 Å². The van der Waals surface area contributed by atoms with Crippen molar-refractivity contribution in [2.45, 2.75) is 71.6 Å². The normalized spacial score (nSPS) is 15.3. The molecule has 0 aromatic heterocycles. The minimum atomic E-state index is -0.560. The molecule has 0 saturated heterocycles. The van der Waals surface area contributed by atoms with Crippen LogP contribution in [-0.2, 0) is 6.42 Å². The molecular formula is C18H28N2O. The molecule has 21 heavy (non-hydrogen) atoms. The van der Waals surface area contributed by atoms with Crippen LogP contribution in [0.4, 0.5) is 0 Å². The monoisotopic (exact) mass is 288 g/mol. The average Bonchev–Trinajstić information content (AvgIpc) is 2.40. The zero-order valence-electron chi connectivity index (χ0n) is 13.9. The molecule has 2 atom stereocenters. The molecule has 1 aromatic carbocycles. The SMILES string of the molecule is CCCc1ccc(OC(C)CC(C)(C#N)NC(C)C)cc1. The van der Waals surface area contributed by atoms with Crippen LogP contribution in [0, 0.1) is 11.3 Å². The summed E-state index contributed by atoms with van der Waals surface area (Å²) in [4.78, 5) is 0. The molecule has 116 valence electrons. The fraction of sp³-hybridized carbons (Fsp3) is 0.611. The highest BCUT2D eigenvalue weighted by Crippen LogP contribution is 2.19. The maximum Gasteiger partial charge on any atom is 0.119 e. The van der Waals surface area contributed by atoms with Crippen molar-refractivity contribution < 1.29 is 4.74 Å². The van der Waals surface area contributed by atoms with Crippen molar-refractivity contribution in [3.05, 3.63) is 29.8 Å². The van der Waals surface area contributed by atoms with E-state index in [-0.39, 0.29) is 12.1 Å². The van der Waals surface area contributed by atoms with Gasteiger partial charge in [0.15, 0.2) is 0 Å². The highest BCUT2D eigenvalue weighted by Gasteiger charge is 2.27. The molecule has 1 aromatic rings. The fourth-order valence-electron chi connectivity index (χ4n) is 2.65. The van der Waals surface area contributed by atoms with E-state index in [2.05, 4.69) is 30.4 Å². The largest absolute Gasteiger partial charge is 0.491 e. The number of ether oxygens (including phenoxy) is 1. The standard InChI is InChI=1S/C18H28N2O/c1-6-7-16-8-10-17(11-9-16)21-15(4)12-18(5,13-19)20-14(2)3/h8-11,14-15,20H,6-7,12H2,1-5H3. The van der Waals surface area contributed by atoms with E-state index in [1.54, 1.807) is 0 Å². The van der Waals surface area contributed by atoms with E-state index in [9.17, 15) is 5.26 Å². The van der Waals surface area contributed by atoms with Crippen molar-refractivity contribution in [1.29, 1.82) is 5.26 Å². The van der Waals surface area contributed by atoms with Crippen LogP contribution >= 0.6 is 0 Å². The fourth-order valence-corrected chi connectivity index (χ4v) is 2.65. The third-order valence-electron chi connectivity index (χ3n) is 3.35. The second-order valence-corrected chi connectivity index (χ2v) is 6.27. The minimum absolute atomic E-state index is 0.0158. The molecule has 0 fully saturated rings. The summed E-state index contributed by atoms with van der Waals surface area (Å²) >= 11 is 0. The lowest BCUT2D eigenvalue weighted by Crippen LogP contribution is -2.47. The van der Waals surface area contributed by atoms with Crippen LogP contribution in [0.5, 0.6) is 5.75 Å². The molecule has 2 unspecified atom stereocenters. The van der Waals surface area contributed by atoms with Gasteiger partial charge in [0.05, 0.1) is 12.2 Å². The first-order valence-corrected chi connectivity index (χ1v) is 7.83. The molecule has 0 bridgehead atoms. The molecule has 0 aliphatic carbocycles. The predicted octanol–water partition coefficient (Wildman–Crippen LogP) is 4.08. The second kappa shape index (κ2) is 8.05. The Kier molecular flexibility index (Phi) is 6.71. The van der Waals surface area contributed by atoms with Crippen LogP contribution in [0.3, 0.4) is 0 Å². The van der Waals surface area contributed by atoms with Gasteiger partial charge in [0.25, 0.3) is 0 Å². The summed E-state index contributed by atoms with van der Waals surface area (Å²) in [7, 11) is 0. The van der Waals surface area contributed by atoms with E-state index in [4.69, 9.17) is 4.74 Å². The summed E-state index contributed by atoms with van der Waals surface area (Å²) < 4.78 is 5.94. The number of aryl methyl sites for hydroxylation is 1. The van der Waals surface area contributed by atoms with Crippen LogP contribution in [0.1, 0.15) is 53.0 Å². The van der Waals surface area contributed by atoms with Gasteiger partial charge < -0.3 is 4.74 Å². The Hall–Kier alpha value is -1.53. The molecule has 3 heteroatoms. The van der Waals surface area contributed by atoms with Gasteiger partial charge in [0.2, 0.25) is 0 Å². The summed E-state index contributed by atoms with van der Waals surface area (Å²) in [5.74, 6) is 0.868. The van der Waals surface area contributed by atoms with Crippen molar-refractivity contribution in [2.75, 3.05) is 0 Å². The first-order valence-electron chi connectivity index (χ1n) is 7.83. The zero-order chi connectivity index (χ0) is 15.9. The Bertz CT molecular complexity index is 461. The number of benzene rings is 1. The Morgan fingerprint density at radius 3 is 2.33 bits per heavy atom. The van der Waals surface area contributed by atoms with Crippen molar-refractivity contribution in [2.24, 2.45) is 0 Å². The molecule has 0 spiro atoms. The van der Waals surface area contributed by atoms with Gasteiger partial charge in [-0.05, 0) is 51.8 Å². The van der Waals surface area contributed by atoms with Crippen molar-refractivity contribution in [1.82, 2.24) is 5.32 Å². The van der Waals surface area contributed by atoms with E-state index in [1.807, 2.05) is 39.8 Å². The van der Waals surface area contributed by atoms with Gasteiger partial charge in [-0.3, -0.25) is 5.32 Å². The summed E-state index contributed by atoms with van der Waals surface area (Å²) in [6.07, 6.45) is 2.88. The molecule has 0 heterocycles. The van der Waals surface area contributed by atoms with Crippen LogP contribution < -0.4 is 10.1 Å². The molecule has 0 aliphatic rings. The number of nitrogens with zero attached hydrogens (tertiary/aromatic N) is 1. The second-order valence-electron chi connectivity index (χ2n) is 6.27. The molecular weight excluding hydrogens is 260 g/mol. The van der Waals surface area contributed by atoms with E-state index in [1.165, 1.54) is 5.56 Å². The first kappa shape index (κ1) is 17.5. The maximum atomic E-state index is 9.38. The highest BCUT2D eigenvalue weighted by atomic mass is 16.5. The van der Waals surface area contributed by atoms with E-state index in [0.717, 1.165) is 18.6 Å². The molecule has 0 radical (unpaired) electrons. The maximum absolute atomic E-state index is 9.38. The molecule has 0 saturated carbocycles. The molecule has 0 aliphatic heterocycles. The Morgan fingerprint density at radius 2 is 1.86 bits per heavy atom. The van der Waals surface area contributed by atoms with Gasteiger partial charge in [-0.1, -0.05) is 25.5 Å². The summed E-state index contributed by atoms with van der Waals surface area (Å²) in [5, 5.41) is 12.7. The van der Waals surface area contributed by atoms with Gasteiger partial charge >= 0.3 is 0 Å². The molecule has 1 rings (SSSR count). The van der Waals surface area contributed by atoms with Crippen LogP contribution in [0.2, 0.25) is 0 Å². The van der Waals surface area contributed by atoms with Crippen LogP contribution in [0.15, 0.2) is 24.3 Å². The average molecular weight is 288 g/mol. The minimum Gasteiger partial charge on any atom is -0.491 e. The molecule has 1 N–H and O–H groups in total. The summed E-state index contributed by atoms with van der Waals surface area (Å²) in [6.45, 7) is 10.2. The Labute approximate surface area is 129 Å². The van der Waals surface area contributed by atoms with Gasteiger partial charge in [0, 0.05) is 12.5 Å². The Morgan fingerprint density at radius 1 is 1.24 bits per heavy atom. The smallest absolute Gasteiger partial charge is 0.119 e. The molecule has 0 amide bonds. The number of nitrogens with one attached hydrogen (secondary N) is 1. The molecule has 3 nitrogen and oxygen atoms in total. The van der Waals surface area contributed by atoms with E-state index < -0.39 is 5.54 Å². The van der Waals surface area contributed by atoms with Gasteiger partial charge in [-0.15, -0.1) is 0 Å². The van der Waals surface area contributed by atoms with Crippen LogP contribution in [0.25, 0.3) is 0 Å². The van der Waals surface area contributed by atoms with Crippen molar-refractivity contribution in [3.8, 4) is 11.8 Å². The summed E-state index contributed by atoms with van der Waals surface area (Å²) in [5.41, 5.74) is 0.774. The Balaban J connectivity index is 2.60.